The number of carbonyl (C=O) groups excluding carboxylic acids is 2. The van der Waals surface area contributed by atoms with Gasteiger partial charge in [0.1, 0.15) is 0 Å². The van der Waals surface area contributed by atoms with Gasteiger partial charge < -0.3 is 20.3 Å². The number of allylic oxidation sites excluding steroid dienone is 3. The Balaban J connectivity index is 3.46. The monoisotopic (exact) mass is 846 g/mol. The summed E-state index contributed by atoms with van der Waals surface area (Å²) >= 11 is 0. The van der Waals surface area contributed by atoms with Crippen molar-refractivity contribution in [1.82, 2.24) is 5.32 Å². The van der Waals surface area contributed by atoms with E-state index in [4.69, 9.17) is 4.74 Å². The maximum atomic E-state index is 12.4. The van der Waals surface area contributed by atoms with Gasteiger partial charge in [-0.1, -0.05) is 237 Å². The van der Waals surface area contributed by atoms with E-state index >= 15 is 0 Å². The van der Waals surface area contributed by atoms with Gasteiger partial charge in [-0.05, 0) is 57.8 Å². The summed E-state index contributed by atoms with van der Waals surface area (Å²) in [7, 11) is 0. The number of esters is 1. The van der Waals surface area contributed by atoms with Crippen molar-refractivity contribution < 1.29 is 24.5 Å². The third-order valence-corrected chi connectivity index (χ3v) is 12.2. The zero-order chi connectivity index (χ0) is 43.7. The molecule has 0 saturated carbocycles. The lowest BCUT2D eigenvalue weighted by atomic mass is 10.0. The Morgan fingerprint density at radius 3 is 1.18 bits per heavy atom. The van der Waals surface area contributed by atoms with Crippen LogP contribution in [0.4, 0.5) is 0 Å². The number of amides is 1. The molecule has 1 amide bonds. The van der Waals surface area contributed by atoms with Gasteiger partial charge in [-0.25, -0.2) is 0 Å². The van der Waals surface area contributed by atoms with Gasteiger partial charge in [0.25, 0.3) is 0 Å². The van der Waals surface area contributed by atoms with Gasteiger partial charge in [-0.15, -0.1) is 0 Å². The van der Waals surface area contributed by atoms with Gasteiger partial charge >= 0.3 is 5.97 Å². The third-order valence-electron chi connectivity index (χ3n) is 12.2. The molecule has 2 unspecified atom stereocenters. The zero-order valence-electron chi connectivity index (χ0n) is 40.2. The van der Waals surface area contributed by atoms with Crippen molar-refractivity contribution >= 4 is 11.9 Å². The van der Waals surface area contributed by atoms with Crippen LogP contribution in [0, 0.1) is 0 Å². The molecule has 2 atom stereocenters. The summed E-state index contributed by atoms with van der Waals surface area (Å²) in [6, 6.07) is -0.636. The Morgan fingerprint density at radius 2 is 0.783 bits per heavy atom. The van der Waals surface area contributed by atoms with E-state index in [0.717, 1.165) is 57.8 Å². The summed E-state index contributed by atoms with van der Waals surface area (Å²) in [5.41, 5.74) is 0. The molecule has 0 aromatic carbocycles. The lowest BCUT2D eigenvalue weighted by Crippen LogP contribution is -2.45. The third kappa shape index (κ3) is 45.9. The van der Waals surface area contributed by atoms with Crippen LogP contribution in [-0.4, -0.2) is 47.4 Å². The van der Waals surface area contributed by atoms with Gasteiger partial charge in [0.15, 0.2) is 0 Å². The van der Waals surface area contributed by atoms with Gasteiger partial charge in [0.05, 0.1) is 25.4 Å². The minimum absolute atomic E-state index is 0.00330. The highest BCUT2D eigenvalue weighted by Crippen LogP contribution is 2.16. The van der Waals surface area contributed by atoms with E-state index in [2.05, 4.69) is 31.3 Å². The minimum Gasteiger partial charge on any atom is -0.466 e. The lowest BCUT2D eigenvalue weighted by molar-refractivity contribution is -0.143. The van der Waals surface area contributed by atoms with E-state index in [-0.39, 0.29) is 18.5 Å². The molecule has 0 spiro atoms. The van der Waals surface area contributed by atoms with Crippen molar-refractivity contribution in [3.63, 3.8) is 0 Å². The Kier molecular flexibility index (Phi) is 48.6. The quantitative estimate of drug-likeness (QED) is 0.0322. The number of aliphatic hydroxyl groups is 2. The Morgan fingerprint density at radius 1 is 0.450 bits per heavy atom. The number of carbonyl (C=O) groups is 2. The molecular weight excluding hydrogens is 743 g/mol. The van der Waals surface area contributed by atoms with Gasteiger partial charge in [0, 0.05) is 12.8 Å². The first kappa shape index (κ1) is 58.3. The highest BCUT2D eigenvalue weighted by Gasteiger charge is 2.18. The van der Waals surface area contributed by atoms with Gasteiger partial charge in [-0.2, -0.15) is 0 Å². The number of hydrogen-bond acceptors (Lipinski definition) is 5. The Bertz CT molecular complexity index is 935. The minimum atomic E-state index is -0.851. The van der Waals surface area contributed by atoms with E-state index in [1.54, 1.807) is 6.08 Å². The van der Waals surface area contributed by atoms with Gasteiger partial charge in [-0.3, -0.25) is 9.59 Å². The molecule has 0 aliphatic heterocycles. The van der Waals surface area contributed by atoms with Crippen LogP contribution in [0.15, 0.2) is 24.3 Å². The highest BCUT2D eigenvalue weighted by molar-refractivity contribution is 5.76. The zero-order valence-corrected chi connectivity index (χ0v) is 40.2. The summed E-state index contributed by atoms with van der Waals surface area (Å²) in [4.78, 5) is 24.4. The standard InChI is InChI=1S/C54H103NO5/c1-3-5-7-9-11-13-15-23-28-32-36-40-44-48-54(59)60-49-45-41-37-33-29-25-22-20-18-17-19-21-24-27-31-35-39-43-47-53(58)55-51(50-56)52(57)46-42-38-34-30-26-16-14-12-10-8-6-4-2/h19,21,42,46,51-52,56-57H,3-18,20,22-41,43-45,47-50H2,1-2H3,(H,55,58)/b21-19-,46-42+. The second-order valence-corrected chi connectivity index (χ2v) is 18.2. The fourth-order valence-corrected chi connectivity index (χ4v) is 8.10. The van der Waals surface area contributed by atoms with E-state index in [1.165, 1.54) is 199 Å². The molecule has 0 heterocycles. The smallest absolute Gasteiger partial charge is 0.305 e. The molecule has 0 bridgehead atoms. The summed E-state index contributed by atoms with van der Waals surface area (Å²) in [5.74, 6) is -0.0797. The first-order valence-electron chi connectivity index (χ1n) is 26.6. The molecule has 6 nitrogen and oxygen atoms in total. The van der Waals surface area contributed by atoms with E-state index in [9.17, 15) is 19.8 Å². The molecule has 0 aliphatic rings. The van der Waals surface area contributed by atoms with E-state index < -0.39 is 12.1 Å². The SMILES string of the molecule is CCCCCCCCCCCC/C=C/C(O)C(CO)NC(=O)CCCCCCC/C=C\CCCCCCCCCCCOC(=O)CCCCCCCCCCCCCCC. The van der Waals surface area contributed by atoms with Crippen LogP contribution in [0.1, 0.15) is 284 Å². The molecule has 0 saturated heterocycles. The lowest BCUT2D eigenvalue weighted by Gasteiger charge is -2.20. The van der Waals surface area contributed by atoms with E-state index in [0.29, 0.717) is 19.4 Å². The van der Waals surface area contributed by atoms with Crippen LogP contribution in [0.3, 0.4) is 0 Å². The molecule has 0 aromatic heterocycles. The number of rotatable bonds is 49. The second-order valence-electron chi connectivity index (χ2n) is 18.2. The predicted molar refractivity (Wildman–Crippen MR) is 260 cm³/mol. The molecular formula is C54H103NO5. The average molecular weight is 846 g/mol. The number of ether oxygens (including phenoxy) is 1. The van der Waals surface area contributed by atoms with Gasteiger partial charge in [0.2, 0.25) is 5.91 Å². The summed E-state index contributed by atoms with van der Waals surface area (Å²) < 4.78 is 5.46. The summed E-state index contributed by atoms with van der Waals surface area (Å²) in [6.07, 6.45) is 59.0. The fourth-order valence-electron chi connectivity index (χ4n) is 8.10. The van der Waals surface area contributed by atoms with Crippen LogP contribution >= 0.6 is 0 Å². The van der Waals surface area contributed by atoms with Crippen molar-refractivity contribution in [1.29, 1.82) is 0 Å². The van der Waals surface area contributed by atoms with Crippen molar-refractivity contribution in [3.05, 3.63) is 24.3 Å². The van der Waals surface area contributed by atoms with Crippen LogP contribution in [0.25, 0.3) is 0 Å². The maximum absolute atomic E-state index is 12.4. The van der Waals surface area contributed by atoms with E-state index in [1.807, 2.05) is 6.08 Å². The highest BCUT2D eigenvalue weighted by atomic mass is 16.5. The molecule has 0 aliphatic carbocycles. The van der Waals surface area contributed by atoms with Crippen LogP contribution < -0.4 is 5.32 Å². The predicted octanol–water partition coefficient (Wildman–Crippen LogP) is 15.9. The number of aliphatic hydroxyl groups excluding tert-OH is 2. The van der Waals surface area contributed by atoms with Crippen molar-refractivity contribution in [2.24, 2.45) is 0 Å². The van der Waals surface area contributed by atoms with Crippen LogP contribution in [-0.2, 0) is 14.3 Å². The Labute approximate surface area is 373 Å². The van der Waals surface area contributed by atoms with Crippen molar-refractivity contribution in [2.75, 3.05) is 13.2 Å². The largest absolute Gasteiger partial charge is 0.466 e. The summed E-state index contributed by atoms with van der Waals surface area (Å²) in [5, 5.41) is 23.0. The number of hydrogen-bond donors (Lipinski definition) is 3. The average Bonchev–Trinajstić information content (AvgIpc) is 3.25. The molecule has 0 aromatic rings. The summed E-state index contributed by atoms with van der Waals surface area (Å²) in [6.45, 7) is 4.88. The molecule has 354 valence electrons. The molecule has 60 heavy (non-hydrogen) atoms. The molecule has 0 radical (unpaired) electrons. The molecule has 0 rings (SSSR count). The van der Waals surface area contributed by atoms with Crippen molar-refractivity contribution in [3.8, 4) is 0 Å². The Hall–Kier alpha value is -1.66. The normalized spacial score (nSPS) is 12.8. The molecule has 6 heteroatoms. The van der Waals surface area contributed by atoms with Crippen LogP contribution in [0.5, 0.6) is 0 Å². The first-order valence-corrected chi connectivity index (χ1v) is 26.6. The maximum Gasteiger partial charge on any atom is 0.305 e. The topological polar surface area (TPSA) is 95.9 Å². The van der Waals surface area contributed by atoms with Crippen molar-refractivity contribution in [2.45, 2.75) is 296 Å². The fraction of sp³-hybridized carbons (Fsp3) is 0.889. The first-order chi connectivity index (χ1) is 29.5. The number of nitrogens with one attached hydrogen (secondary N) is 1. The second kappa shape index (κ2) is 50.0. The molecule has 0 fully saturated rings. The molecule has 3 N–H and O–H groups in total. The van der Waals surface area contributed by atoms with Crippen LogP contribution in [0.2, 0.25) is 0 Å². The number of unbranched alkanes of at least 4 members (excludes halogenated alkanes) is 36.